The highest BCUT2D eigenvalue weighted by Crippen LogP contribution is 2.44. The van der Waals surface area contributed by atoms with Gasteiger partial charge >= 0.3 is 12.1 Å². The zero-order valence-electron chi connectivity index (χ0n) is 15.3. The Hall–Kier alpha value is -1.92. The van der Waals surface area contributed by atoms with Crippen LogP contribution in [0.2, 0.25) is 0 Å². The molecule has 1 aliphatic rings. The first-order valence-electron chi connectivity index (χ1n) is 8.69. The maximum atomic E-state index is 12.4. The molecule has 1 aromatic carbocycles. The molecule has 1 aromatic rings. The van der Waals surface area contributed by atoms with Crippen molar-refractivity contribution in [3.8, 4) is 11.5 Å². The number of carbonyl (C=O) groups excluding carboxylic acids is 1. The maximum Gasteiger partial charge on any atom is 0.422 e. The second-order valence-corrected chi connectivity index (χ2v) is 7.78. The quantitative estimate of drug-likeness (QED) is 0.747. The van der Waals surface area contributed by atoms with Crippen molar-refractivity contribution < 1.29 is 32.5 Å². The van der Waals surface area contributed by atoms with Gasteiger partial charge in [-0.25, -0.2) is 0 Å². The molecule has 2 rings (SSSR count). The van der Waals surface area contributed by atoms with E-state index in [0.29, 0.717) is 18.4 Å². The largest absolute Gasteiger partial charge is 0.504 e. The van der Waals surface area contributed by atoms with Crippen LogP contribution in [0.15, 0.2) is 18.2 Å². The van der Waals surface area contributed by atoms with Crippen LogP contribution in [-0.4, -0.2) is 23.9 Å². The van der Waals surface area contributed by atoms with Crippen molar-refractivity contribution >= 4 is 5.97 Å². The Morgan fingerprint density at radius 1 is 1.15 bits per heavy atom. The fourth-order valence-electron chi connectivity index (χ4n) is 2.99. The number of hydrogen-bond donors (Lipinski definition) is 1. The number of ether oxygens (including phenoxy) is 2. The summed E-state index contributed by atoms with van der Waals surface area (Å²) in [6.07, 6.45) is -0.519. The van der Waals surface area contributed by atoms with E-state index in [0.717, 1.165) is 19.3 Å². The minimum Gasteiger partial charge on any atom is -0.504 e. The van der Waals surface area contributed by atoms with E-state index in [9.17, 15) is 23.1 Å². The number of phenols is 1. The number of carbonyl (C=O) groups is 1. The first-order chi connectivity index (χ1) is 11.9. The summed E-state index contributed by atoms with van der Waals surface area (Å²) in [5, 5.41) is 10.1. The first kappa shape index (κ1) is 20.4. The predicted molar refractivity (Wildman–Crippen MR) is 90.0 cm³/mol. The zero-order valence-corrected chi connectivity index (χ0v) is 15.3. The van der Waals surface area contributed by atoms with E-state index in [1.807, 2.05) is 0 Å². The van der Waals surface area contributed by atoms with Gasteiger partial charge in [0.1, 0.15) is 5.60 Å². The molecule has 1 fully saturated rings. The molecule has 0 spiro atoms. The summed E-state index contributed by atoms with van der Waals surface area (Å²) in [5.41, 5.74) is -0.975. The van der Waals surface area contributed by atoms with Gasteiger partial charge in [-0.1, -0.05) is 12.5 Å². The van der Waals surface area contributed by atoms with Crippen molar-refractivity contribution in [2.24, 2.45) is 5.41 Å². The van der Waals surface area contributed by atoms with E-state index in [-0.39, 0.29) is 11.7 Å². The van der Waals surface area contributed by atoms with E-state index in [4.69, 9.17) is 4.74 Å². The van der Waals surface area contributed by atoms with Crippen LogP contribution in [0, 0.1) is 5.41 Å². The summed E-state index contributed by atoms with van der Waals surface area (Å²) >= 11 is 0. The Kier molecular flexibility index (Phi) is 5.78. The van der Waals surface area contributed by atoms with Gasteiger partial charge in [-0.3, -0.25) is 4.79 Å². The van der Waals surface area contributed by atoms with Crippen molar-refractivity contribution in [3.63, 3.8) is 0 Å². The third kappa shape index (κ3) is 5.05. The van der Waals surface area contributed by atoms with Crippen LogP contribution in [0.25, 0.3) is 0 Å². The molecule has 1 saturated carbocycles. The third-order valence-electron chi connectivity index (χ3n) is 4.44. The van der Waals surface area contributed by atoms with Crippen molar-refractivity contribution in [1.82, 2.24) is 0 Å². The van der Waals surface area contributed by atoms with Gasteiger partial charge in [0.15, 0.2) is 18.1 Å². The topological polar surface area (TPSA) is 55.8 Å². The lowest BCUT2D eigenvalue weighted by atomic mass is 9.79. The van der Waals surface area contributed by atoms with E-state index < -0.39 is 29.5 Å². The van der Waals surface area contributed by atoms with Gasteiger partial charge in [0.25, 0.3) is 0 Å². The van der Waals surface area contributed by atoms with E-state index >= 15 is 0 Å². The average Bonchev–Trinajstić information content (AvgIpc) is 2.52. The Morgan fingerprint density at radius 3 is 2.27 bits per heavy atom. The number of rotatable bonds is 4. The number of esters is 1. The highest BCUT2D eigenvalue weighted by atomic mass is 19.4. The molecule has 4 nitrogen and oxygen atoms in total. The summed E-state index contributed by atoms with van der Waals surface area (Å²) in [6, 6.07) is 4.19. The Labute approximate surface area is 151 Å². The molecule has 0 aliphatic heterocycles. The molecule has 0 atom stereocenters. The average molecular weight is 374 g/mol. The van der Waals surface area contributed by atoms with E-state index in [1.54, 1.807) is 26.8 Å². The van der Waals surface area contributed by atoms with Crippen LogP contribution in [0.3, 0.4) is 0 Å². The number of benzene rings is 1. The summed E-state index contributed by atoms with van der Waals surface area (Å²) < 4.78 is 47.4. The van der Waals surface area contributed by atoms with Gasteiger partial charge < -0.3 is 14.6 Å². The van der Waals surface area contributed by atoms with Gasteiger partial charge in [-0.15, -0.1) is 0 Å². The van der Waals surface area contributed by atoms with Crippen molar-refractivity contribution in [3.05, 3.63) is 23.8 Å². The lowest BCUT2D eigenvalue weighted by Crippen LogP contribution is -2.38. The molecule has 0 bridgehead atoms. The zero-order chi connectivity index (χ0) is 19.6. The van der Waals surface area contributed by atoms with Crippen LogP contribution < -0.4 is 4.74 Å². The smallest absolute Gasteiger partial charge is 0.422 e. The Balaban J connectivity index is 2.28. The molecule has 26 heavy (non-hydrogen) atoms. The molecular formula is C19H25F3O4. The molecule has 146 valence electrons. The molecule has 1 N–H and O–H groups in total. The highest BCUT2D eigenvalue weighted by Gasteiger charge is 2.41. The monoisotopic (exact) mass is 374 g/mol. The van der Waals surface area contributed by atoms with Crippen LogP contribution in [0.5, 0.6) is 11.5 Å². The third-order valence-corrected chi connectivity index (χ3v) is 4.44. The van der Waals surface area contributed by atoms with Crippen molar-refractivity contribution in [1.29, 1.82) is 0 Å². The predicted octanol–water partition coefficient (Wildman–Crippen LogP) is 5.08. The van der Waals surface area contributed by atoms with Crippen molar-refractivity contribution in [2.45, 2.75) is 64.7 Å². The molecule has 0 radical (unpaired) electrons. The lowest BCUT2D eigenvalue weighted by Gasteiger charge is -2.39. The Morgan fingerprint density at radius 2 is 1.77 bits per heavy atom. The second-order valence-electron chi connectivity index (χ2n) is 7.78. The molecule has 0 unspecified atom stereocenters. The summed E-state index contributed by atoms with van der Waals surface area (Å²) in [6.45, 7) is 3.80. The fourth-order valence-corrected chi connectivity index (χ4v) is 2.99. The summed E-state index contributed by atoms with van der Waals surface area (Å²) in [7, 11) is 0. The normalized spacial score (nSPS) is 17.6. The second kappa shape index (κ2) is 7.37. The Bertz CT molecular complexity index is 641. The molecule has 7 heteroatoms. The SMILES string of the molecule is CC(C)(C)C(=O)OC1(c2ccc(OCC(F)(F)F)c(O)c2)CCCCC1. The highest BCUT2D eigenvalue weighted by molar-refractivity contribution is 5.76. The van der Waals surface area contributed by atoms with Gasteiger partial charge in [0.05, 0.1) is 5.41 Å². The van der Waals surface area contributed by atoms with Crippen LogP contribution >= 0.6 is 0 Å². The molecule has 0 amide bonds. The number of halogens is 3. The summed E-state index contributed by atoms with van der Waals surface area (Å²) in [5.74, 6) is -1.00. The minimum atomic E-state index is -4.49. The molecule has 0 aromatic heterocycles. The maximum absolute atomic E-state index is 12.4. The van der Waals surface area contributed by atoms with Crippen LogP contribution in [-0.2, 0) is 15.1 Å². The van der Waals surface area contributed by atoms with Crippen LogP contribution in [0.1, 0.15) is 58.4 Å². The van der Waals surface area contributed by atoms with Gasteiger partial charge in [0.2, 0.25) is 0 Å². The van der Waals surface area contributed by atoms with Crippen LogP contribution in [0.4, 0.5) is 13.2 Å². The number of aromatic hydroxyl groups is 1. The minimum absolute atomic E-state index is 0.251. The van der Waals surface area contributed by atoms with Gasteiger partial charge in [-0.2, -0.15) is 13.2 Å². The lowest BCUT2D eigenvalue weighted by molar-refractivity contribution is -0.175. The first-order valence-corrected chi connectivity index (χ1v) is 8.69. The van der Waals surface area contributed by atoms with E-state index in [1.165, 1.54) is 12.1 Å². The van der Waals surface area contributed by atoms with Gasteiger partial charge in [-0.05, 0) is 64.2 Å². The molecule has 0 saturated heterocycles. The van der Waals surface area contributed by atoms with Gasteiger partial charge in [0, 0.05) is 0 Å². The fraction of sp³-hybridized carbons (Fsp3) is 0.632. The standard InChI is InChI=1S/C19H25F3O4/c1-17(2,3)16(24)26-18(9-5-4-6-10-18)13-7-8-15(14(23)11-13)25-12-19(20,21)22/h7-8,11,23H,4-6,9-10,12H2,1-3H3. The molecule has 0 heterocycles. The molecule has 1 aliphatic carbocycles. The van der Waals surface area contributed by atoms with Crippen molar-refractivity contribution in [2.75, 3.05) is 6.61 Å². The van der Waals surface area contributed by atoms with E-state index in [2.05, 4.69) is 4.74 Å². The number of hydrogen-bond acceptors (Lipinski definition) is 4. The summed E-state index contributed by atoms with van der Waals surface area (Å²) in [4.78, 5) is 12.4. The number of alkyl halides is 3. The number of phenolic OH excluding ortho intramolecular Hbond substituents is 1. The molecular weight excluding hydrogens is 349 g/mol.